The summed E-state index contributed by atoms with van der Waals surface area (Å²) < 4.78 is 0. The van der Waals surface area contributed by atoms with Crippen LogP contribution >= 0.6 is 0 Å². The number of aliphatic hydroxyl groups is 2. The number of nitrogens with two attached hydrogens (primary N) is 1. The van der Waals surface area contributed by atoms with Crippen LogP contribution < -0.4 is 16.4 Å². The monoisotopic (exact) mass is 289 g/mol. The Bertz CT molecular complexity index is 413. The van der Waals surface area contributed by atoms with Crippen molar-refractivity contribution in [2.45, 2.75) is 43.6 Å². The molecule has 0 saturated carbocycles. The quantitative estimate of drug-likeness (QED) is 0.270. The lowest BCUT2D eigenvalue weighted by molar-refractivity contribution is -0.153. The minimum Gasteiger partial charge on any atom is -0.480 e. The van der Waals surface area contributed by atoms with Crippen LogP contribution in [-0.2, 0) is 14.4 Å². The third-order valence-corrected chi connectivity index (χ3v) is 3.22. The van der Waals surface area contributed by atoms with Crippen molar-refractivity contribution in [2.24, 2.45) is 5.73 Å². The molecule has 2 amide bonds. The number of aliphatic carboxylic acids is 1. The van der Waals surface area contributed by atoms with E-state index in [1.807, 2.05) is 0 Å². The van der Waals surface area contributed by atoms with Gasteiger partial charge in [-0.2, -0.15) is 0 Å². The molecule has 1 rings (SSSR count). The van der Waals surface area contributed by atoms with Crippen LogP contribution in [-0.4, -0.2) is 63.4 Å². The summed E-state index contributed by atoms with van der Waals surface area (Å²) in [6, 6.07) is -2.53. The maximum atomic E-state index is 11.7. The van der Waals surface area contributed by atoms with Crippen molar-refractivity contribution in [3.05, 3.63) is 0 Å². The van der Waals surface area contributed by atoms with E-state index in [9.17, 15) is 24.6 Å². The zero-order valence-electron chi connectivity index (χ0n) is 11.0. The molecule has 0 bridgehead atoms. The number of carboxylic acids is 1. The van der Waals surface area contributed by atoms with Gasteiger partial charge in [-0.25, -0.2) is 4.79 Å². The van der Waals surface area contributed by atoms with Gasteiger partial charge in [-0.05, 0) is 19.8 Å². The van der Waals surface area contributed by atoms with Crippen LogP contribution in [0.15, 0.2) is 0 Å². The van der Waals surface area contributed by atoms with Gasteiger partial charge >= 0.3 is 5.97 Å². The molecule has 1 saturated heterocycles. The molecule has 4 atom stereocenters. The fraction of sp³-hybridized carbons (Fsp3) is 0.727. The molecule has 114 valence electrons. The molecule has 9 heteroatoms. The number of carboxylic acid groups (broad SMARTS) is 1. The van der Waals surface area contributed by atoms with E-state index in [4.69, 9.17) is 10.8 Å². The summed E-state index contributed by atoms with van der Waals surface area (Å²) in [4.78, 5) is 33.6. The molecule has 9 nitrogen and oxygen atoms in total. The number of hydrogen-bond donors (Lipinski definition) is 6. The second-order valence-electron chi connectivity index (χ2n) is 4.92. The Hall–Kier alpha value is -1.71. The molecule has 1 heterocycles. The molecule has 1 aliphatic rings. The van der Waals surface area contributed by atoms with Crippen LogP contribution in [0.4, 0.5) is 0 Å². The van der Waals surface area contributed by atoms with Gasteiger partial charge in [0.05, 0.1) is 18.7 Å². The lowest BCUT2D eigenvalue weighted by atomic mass is 9.88. The summed E-state index contributed by atoms with van der Waals surface area (Å²) >= 11 is 0. The largest absolute Gasteiger partial charge is 0.480 e. The van der Waals surface area contributed by atoms with Crippen LogP contribution in [0.1, 0.15) is 19.8 Å². The second-order valence-corrected chi connectivity index (χ2v) is 4.92. The summed E-state index contributed by atoms with van der Waals surface area (Å²) in [7, 11) is 0. The van der Waals surface area contributed by atoms with Crippen LogP contribution in [0.2, 0.25) is 0 Å². The van der Waals surface area contributed by atoms with Gasteiger partial charge in [-0.15, -0.1) is 0 Å². The molecule has 1 unspecified atom stereocenters. The molecule has 0 aliphatic carbocycles. The maximum absolute atomic E-state index is 11.7. The lowest BCUT2D eigenvalue weighted by Crippen LogP contribution is -2.65. The van der Waals surface area contributed by atoms with E-state index in [0.717, 1.165) is 0 Å². The molecular formula is C11H19N3O6. The molecule has 0 aromatic heterocycles. The first-order valence-electron chi connectivity index (χ1n) is 6.15. The Balaban J connectivity index is 2.46. The Morgan fingerprint density at radius 2 is 2.15 bits per heavy atom. The average molecular weight is 289 g/mol. The molecule has 7 N–H and O–H groups in total. The van der Waals surface area contributed by atoms with Crippen molar-refractivity contribution in [3.63, 3.8) is 0 Å². The van der Waals surface area contributed by atoms with E-state index < -0.39 is 41.6 Å². The first kappa shape index (κ1) is 16.3. The number of nitrogens with one attached hydrogen (secondary N) is 2. The number of β-amino-alcohol motifs (C(OH)–C–C–N with tert-alkyl or cyclic N) is 1. The van der Waals surface area contributed by atoms with Crippen LogP contribution in [0.5, 0.6) is 0 Å². The van der Waals surface area contributed by atoms with Crippen molar-refractivity contribution in [1.82, 2.24) is 10.6 Å². The van der Waals surface area contributed by atoms with E-state index in [0.29, 0.717) is 0 Å². The van der Waals surface area contributed by atoms with E-state index in [2.05, 4.69) is 10.6 Å². The number of β-lactam (4-membered cyclic amide) rings is 1. The first-order valence-corrected chi connectivity index (χ1v) is 6.15. The smallest absolute Gasteiger partial charge is 0.328 e. The Morgan fingerprint density at radius 1 is 1.55 bits per heavy atom. The van der Waals surface area contributed by atoms with E-state index in [1.165, 1.54) is 6.92 Å². The van der Waals surface area contributed by atoms with Gasteiger partial charge in [0.25, 0.3) is 5.91 Å². The van der Waals surface area contributed by atoms with E-state index in [1.54, 1.807) is 0 Å². The first-order chi connectivity index (χ1) is 9.17. The maximum Gasteiger partial charge on any atom is 0.328 e. The fourth-order valence-electron chi connectivity index (χ4n) is 1.74. The molecular weight excluding hydrogens is 270 g/mol. The van der Waals surface area contributed by atoms with Gasteiger partial charge in [0.15, 0.2) is 11.6 Å². The predicted molar refractivity (Wildman–Crippen MR) is 66.4 cm³/mol. The Morgan fingerprint density at radius 3 is 2.50 bits per heavy atom. The van der Waals surface area contributed by atoms with Crippen LogP contribution in [0.25, 0.3) is 0 Å². The predicted octanol–water partition coefficient (Wildman–Crippen LogP) is -3.09. The number of carbonyl (C=O) groups is 3. The highest BCUT2D eigenvalue weighted by atomic mass is 16.4. The van der Waals surface area contributed by atoms with Crippen LogP contribution in [0, 0.1) is 0 Å². The topological polar surface area (TPSA) is 162 Å². The van der Waals surface area contributed by atoms with E-state index in [-0.39, 0.29) is 19.4 Å². The summed E-state index contributed by atoms with van der Waals surface area (Å²) in [5, 5.41) is 32.2. The summed E-state index contributed by atoms with van der Waals surface area (Å²) in [5.74, 6) is -2.66. The number of rotatable bonds is 7. The highest BCUT2D eigenvalue weighted by Crippen LogP contribution is 2.19. The van der Waals surface area contributed by atoms with Gasteiger partial charge in [-0.3, -0.25) is 9.59 Å². The number of hydrogen-bond acceptors (Lipinski definition) is 6. The standard InChI is InChI=1S/C11H19N3O6/c1-5(15)7(9(17)18)14-8(16)6(12)2-3-11(20)4-13-10(11)19/h5-7,15,20H,2-4,12H2,1H3,(H,13,19)(H,14,16)(H,17,18)/t5?,6-,7-,11-/m0/s1. The summed E-state index contributed by atoms with van der Waals surface area (Å²) in [5.41, 5.74) is 4.06. The molecule has 20 heavy (non-hydrogen) atoms. The normalized spacial score (nSPS) is 25.9. The SMILES string of the molecule is CC(O)[C@H](NC(=O)[C@@H](N)CC[C@]1(O)CNC1=O)C(=O)O. The third kappa shape index (κ3) is 3.65. The zero-order valence-corrected chi connectivity index (χ0v) is 11.0. The van der Waals surface area contributed by atoms with Gasteiger partial charge in [-0.1, -0.05) is 0 Å². The number of carbonyl (C=O) groups excluding carboxylic acids is 2. The van der Waals surface area contributed by atoms with Gasteiger partial charge in [0.1, 0.15) is 0 Å². The van der Waals surface area contributed by atoms with E-state index >= 15 is 0 Å². The van der Waals surface area contributed by atoms with Crippen molar-refractivity contribution in [1.29, 1.82) is 0 Å². The van der Waals surface area contributed by atoms with Gasteiger partial charge in [0, 0.05) is 0 Å². The highest BCUT2D eigenvalue weighted by molar-refractivity contribution is 5.91. The lowest BCUT2D eigenvalue weighted by Gasteiger charge is -2.36. The highest BCUT2D eigenvalue weighted by Gasteiger charge is 2.44. The number of aliphatic hydroxyl groups excluding tert-OH is 1. The van der Waals surface area contributed by atoms with Crippen molar-refractivity contribution in [3.8, 4) is 0 Å². The minimum absolute atomic E-state index is 0.000162. The van der Waals surface area contributed by atoms with Gasteiger partial charge in [0.2, 0.25) is 5.91 Å². The molecule has 0 radical (unpaired) electrons. The Labute approximate surface area is 115 Å². The van der Waals surface area contributed by atoms with Crippen LogP contribution in [0.3, 0.4) is 0 Å². The fourth-order valence-corrected chi connectivity index (χ4v) is 1.74. The summed E-state index contributed by atoms with van der Waals surface area (Å²) in [6.45, 7) is 1.33. The Kier molecular flexibility index (Phi) is 5.03. The van der Waals surface area contributed by atoms with Gasteiger partial charge < -0.3 is 31.7 Å². The molecule has 0 aromatic carbocycles. The second kappa shape index (κ2) is 6.16. The average Bonchev–Trinajstić information content (AvgIpc) is 2.38. The minimum atomic E-state index is -1.51. The molecule has 1 aliphatic heterocycles. The molecule has 0 aromatic rings. The summed E-state index contributed by atoms with van der Waals surface area (Å²) in [6.07, 6.45) is -1.26. The zero-order chi connectivity index (χ0) is 15.5. The molecule has 1 fully saturated rings. The molecule has 0 spiro atoms. The van der Waals surface area contributed by atoms with Crippen molar-refractivity contribution < 1.29 is 29.7 Å². The third-order valence-electron chi connectivity index (χ3n) is 3.22. The number of amides is 2. The van der Waals surface area contributed by atoms with Crippen molar-refractivity contribution >= 4 is 17.8 Å². The van der Waals surface area contributed by atoms with Crippen molar-refractivity contribution in [2.75, 3.05) is 6.54 Å².